The molecule has 1 amide bonds. The zero-order valence-electron chi connectivity index (χ0n) is 14.6. The third-order valence-electron chi connectivity index (χ3n) is 3.87. The molecule has 26 heavy (non-hydrogen) atoms. The Hall–Kier alpha value is -3.34. The van der Waals surface area contributed by atoms with Crippen LogP contribution in [0.4, 0.5) is 17.2 Å². The van der Waals surface area contributed by atoms with Crippen molar-refractivity contribution in [3.05, 3.63) is 78.5 Å². The van der Waals surface area contributed by atoms with E-state index in [0.29, 0.717) is 18.7 Å². The Bertz CT molecular complexity index is 849. The van der Waals surface area contributed by atoms with Gasteiger partial charge in [0.05, 0.1) is 19.0 Å². The number of anilines is 3. The minimum atomic E-state index is -0.0464. The minimum Gasteiger partial charge on any atom is -0.497 e. The van der Waals surface area contributed by atoms with Crippen LogP contribution < -0.4 is 15.4 Å². The monoisotopic (exact) mass is 347 g/mol. The molecular weight excluding hydrogens is 326 g/mol. The van der Waals surface area contributed by atoms with E-state index in [9.17, 15) is 4.79 Å². The van der Waals surface area contributed by atoms with Crippen molar-refractivity contribution in [2.24, 2.45) is 0 Å². The van der Waals surface area contributed by atoms with Crippen LogP contribution in [0.3, 0.4) is 0 Å². The van der Waals surface area contributed by atoms with E-state index in [1.54, 1.807) is 19.4 Å². The van der Waals surface area contributed by atoms with Crippen LogP contribution in [0.15, 0.2) is 72.9 Å². The highest BCUT2D eigenvalue weighted by molar-refractivity contribution is 5.90. The summed E-state index contributed by atoms with van der Waals surface area (Å²) < 4.78 is 5.21. The Morgan fingerprint density at radius 3 is 2.58 bits per heavy atom. The summed E-state index contributed by atoms with van der Waals surface area (Å²) >= 11 is 0. The molecule has 0 bridgehead atoms. The maximum absolute atomic E-state index is 12.1. The van der Waals surface area contributed by atoms with Crippen molar-refractivity contribution in [1.29, 1.82) is 0 Å². The number of aromatic nitrogens is 1. The van der Waals surface area contributed by atoms with Crippen LogP contribution in [-0.2, 0) is 11.2 Å². The molecule has 5 heteroatoms. The van der Waals surface area contributed by atoms with E-state index in [1.165, 1.54) is 0 Å². The molecule has 2 aromatic carbocycles. The van der Waals surface area contributed by atoms with Gasteiger partial charge in [0, 0.05) is 18.2 Å². The molecule has 0 fully saturated rings. The van der Waals surface area contributed by atoms with Crippen molar-refractivity contribution in [2.45, 2.75) is 12.8 Å². The van der Waals surface area contributed by atoms with Gasteiger partial charge < -0.3 is 15.4 Å². The SMILES string of the molecule is COc1cccc(Nc2ccc(NC(=O)CCc3ccccc3)nc2)c1. The molecule has 132 valence electrons. The summed E-state index contributed by atoms with van der Waals surface area (Å²) in [4.78, 5) is 16.3. The standard InChI is InChI=1S/C21H21N3O2/c1-26-19-9-5-8-17(14-19)23-18-11-12-20(22-15-18)24-21(25)13-10-16-6-3-2-4-7-16/h2-9,11-12,14-15,23H,10,13H2,1H3,(H,22,24,25). The normalized spacial score (nSPS) is 10.2. The fraction of sp³-hybridized carbons (Fsp3) is 0.143. The second-order valence-electron chi connectivity index (χ2n) is 5.82. The fourth-order valence-corrected chi connectivity index (χ4v) is 2.52. The number of nitrogens with one attached hydrogen (secondary N) is 2. The van der Waals surface area contributed by atoms with E-state index in [-0.39, 0.29) is 5.91 Å². The molecule has 0 saturated carbocycles. The van der Waals surface area contributed by atoms with Crippen LogP contribution in [0.1, 0.15) is 12.0 Å². The van der Waals surface area contributed by atoms with E-state index in [0.717, 1.165) is 22.7 Å². The number of aryl methyl sites for hydroxylation is 1. The predicted octanol–water partition coefficient (Wildman–Crippen LogP) is 4.41. The third-order valence-corrected chi connectivity index (χ3v) is 3.87. The summed E-state index contributed by atoms with van der Waals surface area (Å²) in [6.45, 7) is 0. The van der Waals surface area contributed by atoms with E-state index in [4.69, 9.17) is 4.74 Å². The second kappa shape index (κ2) is 8.67. The molecule has 0 radical (unpaired) electrons. The number of benzene rings is 2. The quantitative estimate of drug-likeness (QED) is 0.665. The van der Waals surface area contributed by atoms with Gasteiger partial charge in [0.15, 0.2) is 0 Å². The molecule has 0 spiro atoms. The lowest BCUT2D eigenvalue weighted by Crippen LogP contribution is -2.13. The van der Waals surface area contributed by atoms with Gasteiger partial charge in [-0.05, 0) is 36.2 Å². The molecule has 0 aliphatic heterocycles. The molecule has 0 atom stereocenters. The van der Waals surface area contributed by atoms with Gasteiger partial charge in [0.25, 0.3) is 0 Å². The summed E-state index contributed by atoms with van der Waals surface area (Å²) in [5, 5.41) is 6.07. The Morgan fingerprint density at radius 1 is 1.00 bits per heavy atom. The first-order valence-corrected chi connectivity index (χ1v) is 8.44. The number of ether oxygens (including phenoxy) is 1. The van der Waals surface area contributed by atoms with Gasteiger partial charge in [-0.15, -0.1) is 0 Å². The number of nitrogens with zero attached hydrogens (tertiary/aromatic N) is 1. The highest BCUT2D eigenvalue weighted by atomic mass is 16.5. The van der Waals surface area contributed by atoms with Gasteiger partial charge in [0.1, 0.15) is 11.6 Å². The maximum atomic E-state index is 12.1. The highest BCUT2D eigenvalue weighted by Gasteiger charge is 2.04. The number of amides is 1. The van der Waals surface area contributed by atoms with E-state index >= 15 is 0 Å². The van der Waals surface area contributed by atoms with E-state index in [2.05, 4.69) is 15.6 Å². The van der Waals surface area contributed by atoms with Gasteiger partial charge in [-0.1, -0.05) is 36.4 Å². The van der Waals surface area contributed by atoms with Crippen LogP contribution in [0, 0.1) is 0 Å². The molecule has 0 saturated heterocycles. The summed E-state index contributed by atoms with van der Waals surface area (Å²) in [6.07, 6.45) is 2.82. The Kier molecular flexibility index (Phi) is 5.83. The summed E-state index contributed by atoms with van der Waals surface area (Å²) in [6, 6.07) is 21.3. The van der Waals surface area contributed by atoms with Gasteiger partial charge in [-0.2, -0.15) is 0 Å². The Morgan fingerprint density at radius 2 is 1.85 bits per heavy atom. The number of carbonyl (C=O) groups excluding carboxylic acids is 1. The van der Waals surface area contributed by atoms with Gasteiger partial charge >= 0.3 is 0 Å². The first-order chi connectivity index (χ1) is 12.7. The average molecular weight is 347 g/mol. The van der Waals surface area contributed by atoms with Crippen LogP contribution in [-0.4, -0.2) is 18.0 Å². The molecule has 3 rings (SSSR count). The second-order valence-corrected chi connectivity index (χ2v) is 5.82. The predicted molar refractivity (Wildman–Crippen MR) is 104 cm³/mol. The Balaban J connectivity index is 1.53. The van der Waals surface area contributed by atoms with E-state index in [1.807, 2.05) is 60.7 Å². The van der Waals surface area contributed by atoms with Crippen molar-refractivity contribution in [1.82, 2.24) is 4.98 Å². The number of carbonyl (C=O) groups is 1. The van der Waals surface area contributed by atoms with Crippen molar-refractivity contribution in [2.75, 3.05) is 17.7 Å². The van der Waals surface area contributed by atoms with Gasteiger partial charge in [0.2, 0.25) is 5.91 Å². The summed E-state index contributed by atoms with van der Waals surface area (Å²) in [5.41, 5.74) is 2.89. The Labute approximate surface area is 153 Å². The lowest BCUT2D eigenvalue weighted by atomic mass is 10.1. The molecule has 0 unspecified atom stereocenters. The molecule has 5 nitrogen and oxygen atoms in total. The molecule has 0 aliphatic carbocycles. The molecule has 1 heterocycles. The number of rotatable bonds is 7. The molecule has 0 aliphatic rings. The topological polar surface area (TPSA) is 63.2 Å². The number of pyridine rings is 1. The van der Waals surface area contributed by atoms with Crippen LogP contribution >= 0.6 is 0 Å². The zero-order valence-corrected chi connectivity index (χ0v) is 14.6. The average Bonchev–Trinajstić information content (AvgIpc) is 2.69. The van der Waals surface area contributed by atoms with E-state index < -0.39 is 0 Å². The van der Waals surface area contributed by atoms with Gasteiger partial charge in [-0.25, -0.2) is 4.98 Å². The first kappa shape index (κ1) is 17.5. The third kappa shape index (κ3) is 5.08. The zero-order chi connectivity index (χ0) is 18.2. The highest BCUT2D eigenvalue weighted by Crippen LogP contribution is 2.21. The van der Waals surface area contributed by atoms with Crippen molar-refractivity contribution < 1.29 is 9.53 Å². The summed E-state index contributed by atoms with van der Waals surface area (Å²) in [7, 11) is 1.63. The van der Waals surface area contributed by atoms with Crippen LogP contribution in [0.25, 0.3) is 0 Å². The minimum absolute atomic E-state index is 0.0464. The first-order valence-electron chi connectivity index (χ1n) is 8.44. The lowest BCUT2D eigenvalue weighted by molar-refractivity contribution is -0.116. The maximum Gasteiger partial charge on any atom is 0.225 e. The van der Waals surface area contributed by atoms with Crippen LogP contribution in [0.2, 0.25) is 0 Å². The summed E-state index contributed by atoms with van der Waals surface area (Å²) in [5.74, 6) is 1.28. The van der Waals surface area contributed by atoms with Crippen molar-refractivity contribution in [3.8, 4) is 5.75 Å². The lowest BCUT2D eigenvalue weighted by Gasteiger charge is -2.09. The molecule has 1 aromatic heterocycles. The number of hydrogen-bond acceptors (Lipinski definition) is 4. The largest absolute Gasteiger partial charge is 0.497 e. The smallest absolute Gasteiger partial charge is 0.225 e. The van der Waals surface area contributed by atoms with Crippen molar-refractivity contribution >= 4 is 23.1 Å². The molecular formula is C21H21N3O2. The van der Waals surface area contributed by atoms with Gasteiger partial charge in [-0.3, -0.25) is 4.79 Å². The molecule has 2 N–H and O–H groups in total. The number of methoxy groups -OCH3 is 1. The number of hydrogen-bond donors (Lipinski definition) is 2. The van der Waals surface area contributed by atoms with Crippen LogP contribution in [0.5, 0.6) is 5.75 Å². The molecule has 3 aromatic rings. The van der Waals surface area contributed by atoms with Crippen molar-refractivity contribution in [3.63, 3.8) is 0 Å². The fourth-order valence-electron chi connectivity index (χ4n) is 2.52.